The molecule has 0 radical (unpaired) electrons. The quantitative estimate of drug-likeness (QED) is 0.842. The molecule has 0 aliphatic carbocycles. The molecule has 0 bridgehead atoms. The summed E-state index contributed by atoms with van der Waals surface area (Å²) < 4.78 is 43.1. The van der Waals surface area contributed by atoms with Gasteiger partial charge in [0.2, 0.25) is 5.91 Å². The second-order valence-corrected chi connectivity index (χ2v) is 6.71. The van der Waals surface area contributed by atoms with Crippen molar-refractivity contribution in [3.63, 3.8) is 0 Å². The normalized spacial score (nSPS) is 25.2. The Morgan fingerprint density at radius 3 is 2.58 bits per heavy atom. The lowest BCUT2D eigenvalue weighted by molar-refractivity contribution is -0.137. The minimum absolute atomic E-state index is 0.112. The van der Waals surface area contributed by atoms with Gasteiger partial charge in [-0.05, 0) is 31.4 Å². The number of nitrogens with one attached hydrogen (secondary N) is 1. The molecule has 26 heavy (non-hydrogen) atoms. The molecular formula is C17H22F3N3O3. The van der Waals surface area contributed by atoms with Crippen molar-refractivity contribution in [3.05, 3.63) is 23.9 Å². The molecule has 0 spiro atoms. The van der Waals surface area contributed by atoms with E-state index in [-0.39, 0.29) is 17.9 Å². The number of alkyl halides is 3. The number of halogens is 3. The molecule has 0 saturated carbocycles. The SMILES string of the molecule is O=C(N[C@@H]1COCC[C@H]1O)C1CCN(c2ccc(C(F)(F)F)cn2)CC1. The average Bonchev–Trinajstić information content (AvgIpc) is 2.63. The van der Waals surface area contributed by atoms with Crippen molar-refractivity contribution < 1.29 is 27.8 Å². The summed E-state index contributed by atoms with van der Waals surface area (Å²) in [6, 6.07) is 2.00. The van der Waals surface area contributed by atoms with Gasteiger partial charge in [-0.2, -0.15) is 13.2 Å². The Morgan fingerprint density at radius 2 is 2.00 bits per heavy atom. The van der Waals surface area contributed by atoms with Crippen LogP contribution in [0.15, 0.2) is 18.3 Å². The number of aromatic nitrogens is 1. The fourth-order valence-electron chi connectivity index (χ4n) is 3.28. The fraction of sp³-hybridized carbons (Fsp3) is 0.647. The lowest BCUT2D eigenvalue weighted by Gasteiger charge is -2.34. The predicted molar refractivity (Wildman–Crippen MR) is 87.5 cm³/mol. The van der Waals surface area contributed by atoms with Crippen LogP contribution < -0.4 is 10.2 Å². The van der Waals surface area contributed by atoms with Crippen LogP contribution in [0.25, 0.3) is 0 Å². The van der Waals surface area contributed by atoms with E-state index < -0.39 is 17.8 Å². The molecule has 1 amide bonds. The summed E-state index contributed by atoms with van der Waals surface area (Å²) in [4.78, 5) is 18.1. The number of rotatable bonds is 3. The Hall–Kier alpha value is -1.87. The molecule has 144 valence electrons. The molecule has 3 rings (SSSR count). The zero-order valence-electron chi connectivity index (χ0n) is 14.2. The van der Waals surface area contributed by atoms with Crippen molar-refractivity contribution in [3.8, 4) is 0 Å². The highest BCUT2D eigenvalue weighted by atomic mass is 19.4. The van der Waals surface area contributed by atoms with Gasteiger partial charge < -0.3 is 20.1 Å². The van der Waals surface area contributed by atoms with E-state index in [0.29, 0.717) is 51.4 Å². The van der Waals surface area contributed by atoms with Crippen LogP contribution in [0.1, 0.15) is 24.8 Å². The van der Waals surface area contributed by atoms with E-state index in [9.17, 15) is 23.1 Å². The van der Waals surface area contributed by atoms with Crippen molar-refractivity contribution in [1.82, 2.24) is 10.3 Å². The van der Waals surface area contributed by atoms with Gasteiger partial charge in [-0.15, -0.1) is 0 Å². The van der Waals surface area contributed by atoms with E-state index in [1.54, 1.807) is 0 Å². The predicted octanol–water partition coefficient (Wildman–Crippen LogP) is 1.58. The third kappa shape index (κ3) is 4.45. The van der Waals surface area contributed by atoms with Gasteiger partial charge in [0.15, 0.2) is 0 Å². The number of nitrogens with zero attached hydrogens (tertiary/aromatic N) is 2. The Morgan fingerprint density at radius 1 is 1.27 bits per heavy atom. The maximum absolute atomic E-state index is 12.6. The number of amides is 1. The first-order valence-electron chi connectivity index (χ1n) is 8.69. The summed E-state index contributed by atoms with van der Waals surface area (Å²) in [6.45, 7) is 1.88. The molecule has 1 aromatic heterocycles. The van der Waals surface area contributed by atoms with E-state index in [2.05, 4.69) is 10.3 Å². The number of anilines is 1. The van der Waals surface area contributed by atoms with Gasteiger partial charge in [0.25, 0.3) is 0 Å². The van der Waals surface area contributed by atoms with E-state index in [1.165, 1.54) is 6.07 Å². The largest absolute Gasteiger partial charge is 0.417 e. The molecule has 2 aliphatic heterocycles. The first-order chi connectivity index (χ1) is 12.3. The highest BCUT2D eigenvalue weighted by Crippen LogP contribution is 2.30. The van der Waals surface area contributed by atoms with Crippen molar-refractivity contribution in [2.75, 3.05) is 31.2 Å². The van der Waals surface area contributed by atoms with E-state index >= 15 is 0 Å². The number of aliphatic hydroxyl groups excluding tert-OH is 1. The summed E-state index contributed by atoms with van der Waals surface area (Å²) in [5.74, 6) is 0.183. The smallest absolute Gasteiger partial charge is 0.391 e. The number of pyridine rings is 1. The minimum Gasteiger partial charge on any atom is -0.391 e. The molecular weight excluding hydrogens is 351 g/mol. The van der Waals surface area contributed by atoms with E-state index in [1.807, 2.05) is 4.90 Å². The van der Waals surface area contributed by atoms with Crippen LogP contribution in [0.3, 0.4) is 0 Å². The Bertz CT molecular complexity index is 616. The van der Waals surface area contributed by atoms with E-state index in [4.69, 9.17) is 4.74 Å². The monoisotopic (exact) mass is 373 g/mol. The molecule has 0 aromatic carbocycles. The fourth-order valence-corrected chi connectivity index (χ4v) is 3.28. The van der Waals surface area contributed by atoms with Crippen LogP contribution in [0.4, 0.5) is 19.0 Å². The van der Waals surface area contributed by atoms with Gasteiger partial charge in [0.05, 0.1) is 24.3 Å². The van der Waals surface area contributed by atoms with Crippen molar-refractivity contribution in [1.29, 1.82) is 0 Å². The average molecular weight is 373 g/mol. The highest BCUT2D eigenvalue weighted by Gasteiger charge is 2.32. The molecule has 2 aliphatic rings. The van der Waals surface area contributed by atoms with E-state index in [0.717, 1.165) is 12.3 Å². The molecule has 2 atom stereocenters. The first kappa shape index (κ1) is 18.9. The zero-order chi connectivity index (χ0) is 18.7. The first-order valence-corrected chi connectivity index (χ1v) is 8.69. The molecule has 2 saturated heterocycles. The molecule has 3 heterocycles. The zero-order valence-corrected chi connectivity index (χ0v) is 14.2. The number of aliphatic hydroxyl groups is 1. The maximum Gasteiger partial charge on any atom is 0.417 e. The van der Waals surface area contributed by atoms with Gasteiger partial charge >= 0.3 is 6.18 Å². The van der Waals surface area contributed by atoms with Gasteiger partial charge in [-0.1, -0.05) is 0 Å². The Labute approximate surface area is 149 Å². The van der Waals surface area contributed by atoms with Crippen molar-refractivity contribution in [2.24, 2.45) is 5.92 Å². The number of hydrogen-bond acceptors (Lipinski definition) is 5. The molecule has 1 aromatic rings. The number of carbonyl (C=O) groups is 1. The van der Waals surface area contributed by atoms with Crippen LogP contribution in [0.5, 0.6) is 0 Å². The highest BCUT2D eigenvalue weighted by molar-refractivity contribution is 5.79. The standard InChI is InChI=1S/C17H22F3N3O3/c18-17(19,20)12-1-2-15(21-9-12)23-6-3-11(4-7-23)16(25)22-13-10-26-8-5-14(13)24/h1-2,9,11,13-14,24H,3-8,10H2,(H,22,25)/t13-,14-/m1/s1. The summed E-state index contributed by atoms with van der Waals surface area (Å²) in [5, 5.41) is 12.7. The second kappa shape index (κ2) is 7.79. The van der Waals surface area contributed by atoms with Crippen molar-refractivity contribution >= 4 is 11.7 Å². The van der Waals surface area contributed by atoms with Crippen LogP contribution in [0, 0.1) is 5.92 Å². The Balaban J connectivity index is 1.51. The van der Waals surface area contributed by atoms with Crippen LogP contribution in [-0.4, -0.2) is 54.4 Å². The minimum atomic E-state index is -4.40. The molecule has 2 fully saturated rings. The van der Waals surface area contributed by atoms with Gasteiger partial charge in [-0.3, -0.25) is 4.79 Å². The number of piperidine rings is 1. The summed E-state index contributed by atoms with van der Waals surface area (Å²) in [6.07, 6.45) is -2.49. The van der Waals surface area contributed by atoms with Gasteiger partial charge in [0.1, 0.15) is 5.82 Å². The molecule has 2 N–H and O–H groups in total. The lowest BCUT2D eigenvalue weighted by Crippen LogP contribution is -2.52. The number of hydrogen-bond donors (Lipinski definition) is 2. The van der Waals surface area contributed by atoms with Crippen LogP contribution >= 0.6 is 0 Å². The molecule has 9 heteroatoms. The summed E-state index contributed by atoms with van der Waals surface area (Å²) in [7, 11) is 0. The topological polar surface area (TPSA) is 74.7 Å². The third-order valence-electron chi connectivity index (χ3n) is 4.91. The molecule has 6 nitrogen and oxygen atoms in total. The van der Waals surface area contributed by atoms with Crippen LogP contribution in [0.2, 0.25) is 0 Å². The van der Waals surface area contributed by atoms with Gasteiger partial charge in [-0.25, -0.2) is 4.98 Å². The number of ether oxygens (including phenoxy) is 1. The Kier molecular flexibility index (Phi) is 5.67. The summed E-state index contributed by atoms with van der Waals surface area (Å²) >= 11 is 0. The van der Waals surface area contributed by atoms with Crippen molar-refractivity contribution in [2.45, 2.75) is 37.6 Å². The molecule has 0 unspecified atom stereocenters. The number of carbonyl (C=O) groups excluding carboxylic acids is 1. The second-order valence-electron chi connectivity index (χ2n) is 6.71. The van der Waals surface area contributed by atoms with Crippen LogP contribution in [-0.2, 0) is 15.7 Å². The summed E-state index contributed by atoms with van der Waals surface area (Å²) in [5.41, 5.74) is -0.774. The van der Waals surface area contributed by atoms with Gasteiger partial charge in [0, 0.05) is 31.8 Å². The maximum atomic E-state index is 12.6. The third-order valence-corrected chi connectivity index (χ3v) is 4.91. The lowest BCUT2D eigenvalue weighted by atomic mass is 9.95.